The Kier molecular flexibility index (Phi) is 5.47. The topological polar surface area (TPSA) is 124 Å². The van der Waals surface area contributed by atoms with Crippen molar-refractivity contribution in [2.75, 3.05) is 6.54 Å². The molecule has 1 aromatic heterocycles. The van der Waals surface area contributed by atoms with Gasteiger partial charge in [-0.2, -0.15) is 0 Å². The van der Waals surface area contributed by atoms with Crippen LogP contribution in [0, 0.1) is 0 Å². The number of hydrogen-bond acceptors (Lipinski definition) is 5. The van der Waals surface area contributed by atoms with Crippen molar-refractivity contribution in [3.8, 4) is 0 Å². The quantitative estimate of drug-likeness (QED) is 0.752. The number of aryl methyl sites for hydroxylation is 1. The van der Waals surface area contributed by atoms with Crippen LogP contribution in [0.1, 0.15) is 23.0 Å². The Morgan fingerprint density at radius 3 is 2.50 bits per heavy atom. The molecule has 0 aliphatic rings. The van der Waals surface area contributed by atoms with Gasteiger partial charge >= 0.3 is 0 Å². The summed E-state index contributed by atoms with van der Waals surface area (Å²) in [5.74, 6) is -0.373. The highest BCUT2D eigenvalue weighted by Gasteiger charge is 2.10. The summed E-state index contributed by atoms with van der Waals surface area (Å²) in [6, 6.07) is 6.75. The van der Waals surface area contributed by atoms with Gasteiger partial charge in [-0.25, -0.2) is 18.5 Å². The van der Waals surface area contributed by atoms with Crippen molar-refractivity contribution in [3.63, 3.8) is 0 Å². The van der Waals surface area contributed by atoms with Crippen LogP contribution in [0.5, 0.6) is 0 Å². The third kappa shape index (κ3) is 4.49. The third-order valence-electron chi connectivity index (χ3n) is 3.38. The lowest BCUT2D eigenvalue weighted by molar-refractivity contribution is 0.0952. The number of nitrogens with one attached hydrogen (secondary N) is 1. The minimum Gasteiger partial charge on any atom is -0.350 e. The molecule has 2 rings (SSSR count). The first-order valence-corrected chi connectivity index (χ1v) is 8.82. The standard InChI is InChI=1S/C15H18N4O4S/c1-2-12-9-14(20)19(10-18-12)8-7-17-15(21)11-3-5-13(6-4-11)24(16,22)23/h3-6,9-10H,2,7-8H2,1H3,(H,17,21)(H2,16,22,23). The monoisotopic (exact) mass is 350 g/mol. The number of nitrogens with two attached hydrogens (primary N) is 1. The van der Waals surface area contributed by atoms with Crippen molar-refractivity contribution in [1.82, 2.24) is 14.9 Å². The zero-order valence-corrected chi connectivity index (χ0v) is 13.9. The minimum atomic E-state index is -3.79. The Bertz CT molecular complexity index is 888. The summed E-state index contributed by atoms with van der Waals surface area (Å²) in [4.78, 5) is 27.9. The van der Waals surface area contributed by atoms with E-state index >= 15 is 0 Å². The van der Waals surface area contributed by atoms with E-state index in [4.69, 9.17) is 5.14 Å². The first-order chi connectivity index (χ1) is 11.3. The van der Waals surface area contributed by atoms with Crippen LogP contribution in [0.3, 0.4) is 0 Å². The summed E-state index contributed by atoms with van der Waals surface area (Å²) in [6.45, 7) is 2.44. The van der Waals surface area contributed by atoms with Gasteiger partial charge in [0.25, 0.3) is 11.5 Å². The van der Waals surface area contributed by atoms with Crippen molar-refractivity contribution in [2.24, 2.45) is 5.14 Å². The van der Waals surface area contributed by atoms with E-state index in [1.165, 1.54) is 41.2 Å². The summed E-state index contributed by atoms with van der Waals surface area (Å²) in [5, 5.41) is 7.65. The van der Waals surface area contributed by atoms with Crippen LogP contribution < -0.4 is 16.0 Å². The molecule has 128 valence electrons. The van der Waals surface area contributed by atoms with Gasteiger partial charge in [-0.15, -0.1) is 0 Å². The molecule has 8 nitrogen and oxygen atoms in total. The number of aromatic nitrogens is 2. The van der Waals surface area contributed by atoms with Crippen molar-refractivity contribution < 1.29 is 13.2 Å². The number of nitrogens with zero attached hydrogens (tertiary/aromatic N) is 2. The lowest BCUT2D eigenvalue weighted by Crippen LogP contribution is -2.31. The van der Waals surface area contributed by atoms with Crippen LogP contribution in [0.15, 0.2) is 46.3 Å². The van der Waals surface area contributed by atoms with Crippen molar-refractivity contribution in [1.29, 1.82) is 0 Å². The molecule has 0 atom stereocenters. The summed E-state index contributed by atoms with van der Waals surface area (Å²) < 4.78 is 23.7. The average molecular weight is 350 g/mol. The highest BCUT2D eigenvalue weighted by Crippen LogP contribution is 2.08. The number of benzene rings is 1. The molecule has 0 aliphatic heterocycles. The van der Waals surface area contributed by atoms with E-state index in [2.05, 4.69) is 10.3 Å². The molecule has 0 spiro atoms. The Hall–Kier alpha value is -2.52. The number of primary sulfonamides is 1. The van der Waals surface area contributed by atoms with E-state index in [1.807, 2.05) is 6.92 Å². The summed E-state index contributed by atoms with van der Waals surface area (Å²) in [7, 11) is -3.79. The molecule has 2 aromatic rings. The number of hydrogen-bond donors (Lipinski definition) is 2. The molecule has 0 bridgehead atoms. The van der Waals surface area contributed by atoms with Gasteiger partial charge in [-0.1, -0.05) is 6.92 Å². The maximum absolute atomic E-state index is 12.0. The number of sulfonamides is 1. The molecule has 0 saturated heterocycles. The molecule has 0 radical (unpaired) electrons. The summed E-state index contributed by atoms with van der Waals surface area (Å²) in [5.41, 5.74) is 0.845. The molecule has 24 heavy (non-hydrogen) atoms. The van der Waals surface area contributed by atoms with Gasteiger partial charge in [0.2, 0.25) is 10.0 Å². The van der Waals surface area contributed by atoms with Crippen LogP contribution in [-0.2, 0) is 23.0 Å². The van der Waals surface area contributed by atoms with Gasteiger partial charge in [0.1, 0.15) is 0 Å². The fourth-order valence-corrected chi connectivity index (χ4v) is 2.53. The van der Waals surface area contributed by atoms with Crippen molar-refractivity contribution >= 4 is 15.9 Å². The van der Waals surface area contributed by atoms with Gasteiger partial charge in [0, 0.05) is 30.4 Å². The zero-order valence-electron chi connectivity index (χ0n) is 13.1. The van der Waals surface area contributed by atoms with E-state index in [9.17, 15) is 18.0 Å². The molecule has 0 saturated carbocycles. The molecular formula is C15H18N4O4S. The van der Waals surface area contributed by atoms with Gasteiger partial charge in [-0.05, 0) is 30.7 Å². The molecule has 1 heterocycles. The second-order valence-electron chi connectivity index (χ2n) is 5.09. The molecule has 0 fully saturated rings. The predicted octanol–water partition coefficient (Wildman–Crippen LogP) is -0.117. The number of carbonyl (C=O) groups excluding carboxylic acids is 1. The van der Waals surface area contributed by atoms with Crippen LogP contribution in [0.2, 0.25) is 0 Å². The molecule has 0 aliphatic carbocycles. The number of rotatable bonds is 6. The Labute approximate surface area is 139 Å². The van der Waals surface area contributed by atoms with Crippen LogP contribution in [0.4, 0.5) is 0 Å². The van der Waals surface area contributed by atoms with Crippen molar-refractivity contribution in [2.45, 2.75) is 24.8 Å². The first-order valence-electron chi connectivity index (χ1n) is 7.27. The van der Waals surface area contributed by atoms with Crippen molar-refractivity contribution in [3.05, 3.63) is 58.3 Å². The van der Waals surface area contributed by atoms with E-state index in [-0.39, 0.29) is 29.5 Å². The molecular weight excluding hydrogens is 332 g/mol. The van der Waals surface area contributed by atoms with Crippen LogP contribution >= 0.6 is 0 Å². The normalized spacial score (nSPS) is 11.2. The highest BCUT2D eigenvalue weighted by atomic mass is 32.2. The van der Waals surface area contributed by atoms with Gasteiger partial charge in [-0.3, -0.25) is 14.2 Å². The molecule has 1 amide bonds. The highest BCUT2D eigenvalue weighted by molar-refractivity contribution is 7.89. The first kappa shape index (κ1) is 17.8. The van der Waals surface area contributed by atoms with E-state index < -0.39 is 10.0 Å². The molecule has 9 heteroatoms. The molecule has 3 N–H and O–H groups in total. The largest absolute Gasteiger partial charge is 0.350 e. The average Bonchev–Trinajstić information content (AvgIpc) is 2.55. The third-order valence-corrected chi connectivity index (χ3v) is 4.31. The smallest absolute Gasteiger partial charge is 0.253 e. The summed E-state index contributed by atoms with van der Waals surface area (Å²) in [6.07, 6.45) is 2.13. The minimum absolute atomic E-state index is 0.0623. The molecule has 1 aromatic carbocycles. The lowest BCUT2D eigenvalue weighted by atomic mass is 10.2. The SMILES string of the molecule is CCc1cc(=O)n(CCNC(=O)c2ccc(S(N)(=O)=O)cc2)cn1. The number of amides is 1. The van der Waals surface area contributed by atoms with Crippen LogP contribution in [0.25, 0.3) is 0 Å². The Morgan fingerprint density at radius 2 is 1.96 bits per heavy atom. The Balaban J connectivity index is 1.95. The van der Waals surface area contributed by atoms with Gasteiger partial charge < -0.3 is 5.32 Å². The number of carbonyl (C=O) groups is 1. The van der Waals surface area contributed by atoms with Gasteiger partial charge in [0.15, 0.2) is 0 Å². The van der Waals surface area contributed by atoms with E-state index in [0.717, 1.165) is 5.69 Å². The fraction of sp³-hybridized carbons (Fsp3) is 0.267. The maximum atomic E-state index is 12.0. The second-order valence-corrected chi connectivity index (χ2v) is 6.65. The maximum Gasteiger partial charge on any atom is 0.253 e. The van der Waals surface area contributed by atoms with Gasteiger partial charge in [0.05, 0.1) is 11.2 Å². The second kappa shape index (κ2) is 7.37. The van der Waals surface area contributed by atoms with E-state index in [1.54, 1.807) is 0 Å². The lowest BCUT2D eigenvalue weighted by Gasteiger charge is -2.08. The predicted molar refractivity (Wildman–Crippen MR) is 88.0 cm³/mol. The van der Waals surface area contributed by atoms with Crippen LogP contribution in [-0.4, -0.2) is 30.4 Å². The van der Waals surface area contributed by atoms with E-state index in [0.29, 0.717) is 12.0 Å². The Morgan fingerprint density at radius 1 is 1.29 bits per heavy atom. The fourth-order valence-electron chi connectivity index (χ4n) is 2.01. The zero-order chi connectivity index (χ0) is 17.7. The summed E-state index contributed by atoms with van der Waals surface area (Å²) >= 11 is 0. The molecule has 0 unspecified atom stereocenters.